The zero-order valence-corrected chi connectivity index (χ0v) is 11.9. The lowest BCUT2D eigenvalue weighted by Gasteiger charge is -2.31. The second-order valence-electron chi connectivity index (χ2n) is 4.48. The first-order chi connectivity index (χ1) is 7.57. The van der Waals surface area contributed by atoms with Crippen molar-refractivity contribution in [1.82, 2.24) is 4.90 Å². The number of halogens is 1. The van der Waals surface area contributed by atoms with Crippen LogP contribution in [0.4, 0.5) is 0 Å². The number of rotatable bonds is 5. The summed E-state index contributed by atoms with van der Waals surface area (Å²) in [5.41, 5.74) is 6.99. The van der Waals surface area contributed by atoms with Crippen LogP contribution >= 0.6 is 15.9 Å². The third-order valence-electron chi connectivity index (χ3n) is 2.94. The highest BCUT2D eigenvalue weighted by Gasteiger charge is 2.22. The Hall–Kier alpha value is -0.380. The van der Waals surface area contributed by atoms with Crippen molar-refractivity contribution < 1.29 is 0 Å². The summed E-state index contributed by atoms with van der Waals surface area (Å²) in [4.78, 5) is 2.26. The minimum atomic E-state index is 0.416. The number of hydrogen-bond acceptors (Lipinski definition) is 2. The van der Waals surface area contributed by atoms with E-state index in [1.54, 1.807) is 0 Å². The molecule has 1 aromatic rings. The molecule has 0 aliphatic heterocycles. The van der Waals surface area contributed by atoms with Crippen molar-refractivity contribution in [2.45, 2.75) is 19.4 Å². The van der Waals surface area contributed by atoms with E-state index in [0.717, 1.165) is 13.0 Å². The molecule has 3 heteroatoms. The van der Waals surface area contributed by atoms with E-state index in [1.807, 2.05) is 6.07 Å². The molecule has 0 aliphatic carbocycles. The second kappa shape index (κ2) is 6.38. The van der Waals surface area contributed by atoms with Crippen LogP contribution in [0, 0.1) is 5.92 Å². The van der Waals surface area contributed by atoms with E-state index in [4.69, 9.17) is 5.73 Å². The molecule has 2 atom stereocenters. The molecule has 1 rings (SSSR count). The normalized spacial score (nSPS) is 15.1. The summed E-state index contributed by atoms with van der Waals surface area (Å²) in [5.74, 6) is 0.554. The molecule has 0 saturated heterocycles. The van der Waals surface area contributed by atoms with Crippen molar-refractivity contribution in [1.29, 1.82) is 0 Å². The quantitative estimate of drug-likeness (QED) is 0.901. The fourth-order valence-corrected chi connectivity index (χ4v) is 2.75. The van der Waals surface area contributed by atoms with Crippen LogP contribution in [0.15, 0.2) is 28.7 Å². The number of hydrogen-bond donors (Lipinski definition) is 1. The van der Waals surface area contributed by atoms with E-state index in [2.05, 4.69) is 60.0 Å². The number of nitrogens with zero attached hydrogens (tertiary/aromatic N) is 1. The van der Waals surface area contributed by atoms with E-state index in [-0.39, 0.29) is 0 Å². The summed E-state index contributed by atoms with van der Waals surface area (Å²) in [5, 5.41) is 0. The molecule has 0 radical (unpaired) electrons. The molecule has 0 bridgehead atoms. The highest BCUT2D eigenvalue weighted by molar-refractivity contribution is 9.10. The third-order valence-corrected chi connectivity index (χ3v) is 3.66. The molecule has 1 aromatic carbocycles. The topological polar surface area (TPSA) is 29.3 Å². The van der Waals surface area contributed by atoms with Gasteiger partial charge in [-0.1, -0.05) is 41.1 Å². The van der Waals surface area contributed by atoms with Gasteiger partial charge in [0, 0.05) is 10.5 Å². The van der Waals surface area contributed by atoms with Crippen LogP contribution in [0.25, 0.3) is 0 Å². The Balaban J connectivity index is 2.98. The van der Waals surface area contributed by atoms with Gasteiger partial charge in [-0.3, -0.25) is 0 Å². The van der Waals surface area contributed by atoms with Gasteiger partial charge >= 0.3 is 0 Å². The van der Waals surface area contributed by atoms with Gasteiger partial charge in [-0.05, 0) is 44.6 Å². The molecule has 2 unspecified atom stereocenters. The van der Waals surface area contributed by atoms with Crippen LogP contribution in [-0.2, 0) is 0 Å². The second-order valence-corrected chi connectivity index (χ2v) is 5.34. The van der Waals surface area contributed by atoms with Crippen molar-refractivity contribution in [3.8, 4) is 0 Å². The predicted molar refractivity (Wildman–Crippen MR) is 73.4 cm³/mol. The fourth-order valence-electron chi connectivity index (χ4n) is 2.23. The molecule has 0 amide bonds. The van der Waals surface area contributed by atoms with Gasteiger partial charge in [0.1, 0.15) is 0 Å². The van der Waals surface area contributed by atoms with Gasteiger partial charge in [0.05, 0.1) is 0 Å². The van der Waals surface area contributed by atoms with Gasteiger partial charge < -0.3 is 10.6 Å². The fraction of sp³-hybridized carbons (Fsp3) is 0.538. The maximum Gasteiger partial charge on any atom is 0.0379 e. The molecule has 0 aliphatic rings. The van der Waals surface area contributed by atoms with E-state index in [0.29, 0.717) is 12.0 Å². The summed E-state index contributed by atoms with van der Waals surface area (Å²) >= 11 is 3.63. The van der Waals surface area contributed by atoms with Crippen molar-refractivity contribution in [3.63, 3.8) is 0 Å². The van der Waals surface area contributed by atoms with Crippen molar-refractivity contribution in [2.24, 2.45) is 11.7 Å². The maximum atomic E-state index is 5.65. The highest BCUT2D eigenvalue weighted by Crippen LogP contribution is 2.33. The first-order valence-electron chi connectivity index (χ1n) is 5.68. The average Bonchev–Trinajstić information content (AvgIpc) is 2.21. The largest absolute Gasteiger partial charge is 0.330 e. The lowest BCUT2D eigenvalue weighted by molar-refractivity contribution is 0.216. The molecule has 0 saturated carbocycles. The standard InChI is InChI=1S/C13H21BrN2/c1-10(8-9-15)13(16(2)3)11-6-4-5-7-12(11)14/h4-7,10,13H,8-9,15H2,1-3H3. The number of benzene rings is 1. The molecule has 90 valence electrons. The Morgan fingerprint density at radius 2 is 1.94 bits per heavy atom. The van der Waals surface area contributed by atoms with Crippen LogP contribution in [-0.4, -0.2) is 25.5 Å². The van der Waals surface area contributed by atoms with Gasteiger partial charge in [0.25, 0.3) is 0 Å². The maximum absolute atomic E-state index is 5.65. The predicted octanol–water partition coefficient (Wildman–Crippen LogP) is 3.04. The first kappa shape index (κ1) is 13.7. The molecule has 0 fully saturated rings. The Bertz CT molecular complexity index is 325. The molecule has 0 heterocycles. The molecule has 2 N–H and O–H groups in total. The van der Waals surface area contributed by atoms with Gasteiger partial charge in [-0.2, -0.15) is 0 Å². The van der Waals surface area contributed by atoms with Gasteiger partial charge in [-0.25, -0.2) is 0 Å². The lowest BCUT2D eigenvalue weighted by atomic mass is 9.91. The van der Waals surface area contributed by atoms with Crippen LogP contribution in [0.1, 0.15) is 24.9 Å². The van der Waals surface area contributed by atoms with Gasteiger partial charge in [-0.15, -0.1) is 0 Å². The summed E-state index contributed by atoms with van der Waals surface area (Å²) in [6.07, 6.45) is 1.05. The van der Waals surface area contributed by atoms with Crippen LogP contribution in [0.5, 0.6) is 0 Å². The Kier molecular flexibility index (Phi) is 5.46. The monoisotopic (exact) mass is 284 g/mol. The van der Waals surface area contributed by atoms with Gasteiger partial charge in [0.2, 0.25) is 0 Å². The number of nitrogens with two attached hydrogens (primary N) is 1. The summed E-state index contributed by atoms with van der Waals surface area (Å²) in [7, 11) is 4.24. The van der Waals surface area contributed by atoms with Gasteiger partial charge in [0.15, 0.2) is 0 Å². The SMILES string of the molecule is CC(CCN)C(c1ccccc1Br)N(C)C. The van der Waals surface area contributed by atoms with Crippen molar-refractivity contribution >= 4 is 15.9 Å². The first-order valence-corrected chi connectivity index (χ1v) is 6.48. The van der Waals surface area contributed by atoms with Crippen molar-refractivity contribution in [2.75, 3.05) is 20.6 Å². The highest BCUT2D eigenvalue weighted by atomic mass is 79.9. The lowest BCUT2D eigenvalue weighted by Crippen LogP contribution is -2.27. The van der Waals surface area contributed by atoms with Crippen LogP contribution in [0.3, 0.4) is 0 Å². The van der Waals surface area contributed by atoms with Crippen LogP contribution < -0.4 is 5.73 Å². The minimum Gasteiger partial charge on any atom is -0.330 e. The smallest absolute Gasteiger partial charge is 0.0379 e. The van der Waals surface area contributed by atoms with E-state index in [9.17, 15) is 0 Å². The van der Waals surface area contributed by atoms with Crippen molar-refractivity contribution in [3.05, 3.63) is 34.3 Å². The Labute approximate surface area is 107 Å². The molecular weight excluding hydrogens is 264 g/mol. The molecule has 0 aromatic heterocycles. The average molecular weight is 285 g/mol. The summed E-state index contributed by atoms with van der Waals surface area (Å²) < 4.78 is 1.18. The molecule has 16 heavy (non-hydrogen) atoms. The molecule has 0 spiro atoms. The molecular formula is C13H21BrN2. The van der Waals surface area contributed by atoms with E-state index in [1.165, 1.54) is 10.0 Å². The minimum absolute atomic E-state index is 0.416. The molecule has 2 nitrogen and oxygen atoms in total. The zero-order valence-electron chi connectivity index (χ0n) is 10.3. The van der Waals surface area contributed by atoms with E-state index >= 15 is 0 Å². The Morgan fingerprint density at radius 3 is 2.44 bits per heavy atom. The summed E-state index contributed by atoms with van der Waals surface area (Å²) in [6.45, 7) is 3.01. The summed E-state index contributed by atoms with van der Waals surface area (Å²) in [6, 6.07) is 8.83. The van der Waals surface area contributed by atoms with E-state index < -0.39 is 0 Å². The zero-order chi connectivity index (χ0) is 12.1. The Morgan fingerprint density at radius 1 is 1.31 bits per heavy atom. The van der Waals surface area contributed by atoms with Crippen LogP contribution in [0.2, 0.25) is 0 Å². The third kappa shape index (κ3) is 3.30.